The van der Waals surface area contributed by atoms with Crippen LogP contribution in [0.1, 0.15) is 48.3 Å². The van der Waals surface area contributed by atoms with Crippen LogP contribution in [0, 0.1) is 0 Å². The van der Waals surface area contributed by atoms with E-state index in [0.29, 0.717) is 12.3 Å². The zero-order chi connectivity index (χ0) is 22.1. The van der Waals surface area contributed by atoms with Crippen molar-refractivity contribution in [2.75, 3.05) is 6.61 Å². The van der Waals surface area contributed by atoms with Crippen molar-refractivity contribution in [3.05, 3.63) is 70.3 Å². The number of nitrogens with zero attached hydrogens (tertiary/aromatic N) is 2. The number of nitrogens with one attached hydrogen (secondary N) is 1. The quantitative estimate of drug-likeness (QED) is 0.412. The van der Waals surface area contributed by atoms with Gasteiger partial charge in [-0.25, -0.2) is 4.98 Å². The lowest BCUT2D eigenvalue weighted by Gasteiger charge is -2.35. The molecule has 5 nitrogen and oxygen atoms in total. The molecule has 3 aromatic heterocycles. The van der Waals surface area contributed by atoms with Gasteiger partial charge in [-0.3, -0.25) is 9.78 Å². The van der Waals surface area contributed by atoms with Crippen LogP contribution >= 0.6 is 22.7 Å². The first kappa shape index (κ1) is 21.2. The third-order valence-corrected chi connectivity index (χ3v) is 7.62. The molecule has 7 heteroatoms. The van der Waals surface area contributed by atoms with Gasteiger partial charge in [0.05, 0.1) is 26.2 Å². The fraction of sp³-hybridized carbons (Fsp3) is 0.320. The van der Waals surface area contributed by atoms with Gasteiger partial charge in [-0.1, -0.05) is 24.3 Å². The fourth-order valence-corrected chi connectivity index (χ4v) is 5.73. The number of aromatic nitrogens is 2. The van der Waals surface area contributed by atoms with E-state index in [2.05, 4.69) is 53.4 Å². The Balaban J connectivity index is 1.38. The smallest absolute Gasteiger partial charge is 0.270 e. The third kappa shape index (κ3) is 4.60. The van der Waals surface area contributed by atoms with Crippen LogP contribution in [0.25, 0.3) is 20.7 Å². The fourth-order valence-electron chi connectivity index (χ4n) is 4.25. The van der Waals surface area contributed by atoms with Gasteiger partial charge in [0.2, 0.25) is 0 Å². The maximum Gasteiger partial charge on any atom is 0.270 e. The van der Waals surface area contributed by atoms with E-state index in [0.717, 1.165) is 39.9 Å². The maximum atomic E-state index is 13.1. The van der Waals surface area contributed by atoms with E-state index in [1.165, 1.54) is 11.1 Å². The van der Waals surface area contributed by atoms with Gasteiger partial charge in [-0.2, -0.15) is 0 Å². The minimum Gasteiger partial charge on any atom is -0.375 e. The molecule has 1 N–H and O–H groups in total. The molecule has 0 saturated carbocycles. The zero-order valence-electron chi connectivity index (χ0n) is 18.1. The van der Waals surface area contributed by atoms with Crippen LogP contribution in [-0.2, 0) is 11.2 Å². The summed E-state index contributed by atoms with van der Waals surface area (Å²) < 4.78 is 6.92. The molecule has 1 atom stereocenters. The number of pyridine rings is 1. The number of fused-ring (bicyclic) bond motifs is 1. The summed E-state index contributed by atoms with van der Waals surface area (Å²) >= 11 is 3.31. The predicted octanol–water partition coefficient (Wildman–Crippen LogP) is 5.70. The summed E-state index contributed by atoms with van der Waals surface area (Å²) in [5.41, 5.74) is 6.51. The molecule has 0 bridgehead atoms. The molecule has 164 valence electrons. The van der Waals surface area contributed by atoms with Gasteiger partial charge in [-0.15, -0.1) is 22.7 Å². The van der Waals surface area contributed by atoms with Crippen molar-refractivity contribution in [1.82, 2.24) is 15.3 Å². The molecular weight excluding hydrogens is 438 g/mol. The Hall–Kier alpha value is -2.61. The minimum absolute atomic E-state index is 0.106. The molecule has 4 heterocycles. The zero-order valence-corrected chi connectivity index (χ0v) is 19.8. The monoisotopic (exact) mass is 463 g/mol. The summed E-state index contributed by atoms with van der Waals surface area (Å²) in [6.45, 7) is 4.80. The van der Waals surface area contributed by atoms with Crippen LogP contribution in [0.3, 0.4) is 0 Å². The van der Waals surface area contributed by atoms with Crippen LogP contribution in [0.2, 0.25) is 0 Å². The lowest BCUT2D eigenvalue weighted by molar-refractivity contribution is -0.0615. The molecule has 1 saturated heterocycles. The first-order valence-electron chi connectivity index (χ1n) is 10.8. The van der Waals surface area contributed by atoms with Gasteiger partial charge in [0, 0.05) is 18.8 Å². The van der Waals surface area contributed by atoms with Crippen molar-refractivity contribution in [3.63, 3.8) is 0 Å². The molecule has 0 aliphatic carbocycles. The van der Waals surface area contributed by atoms with Crippen molar-refractivity contribution in [2.24, 2.45) is 0 Å². The Morgan fingerprint density at radius 2 is 2.06 bits per heavy atom. The highest BCUT2D eigenvalue weighted by molar-refractivity contribution is 7.17. The third-order valence-electron chi connectivity index (χ3n) is 5.82. The number of hydrogen-bond acceptors (Lipinski definition) is 6. The number of amides is 1. The van der Waals surface area contributed by atoms with Crippen LogP contribution in [-0.4, -0.2) is 34.1 Å². The molecule has 4 aromatic rings. The van der Waals surface area contributed by atoms with Gasteiger partial charge in [0.15, 0.2) is 0 Å². The second-order valence-electron chi connectivity index (χ2n) is 8.81. The van der Waals surface area contributed by atoms with Gasteiger partial charge < -0.3 is 10.1 Å². The second-order valence-corrected chi connectivity index (χ2v) is 10.6. The standard InChI is InChI=1S/C25H25N3O2S2/c1-25(2)13-19(7-9-30-25)27-24(29)21-12-18(23-20(28-21)8-10-31-23)11-16-3-5-17(6-4-16)22-14-26-15-32-22/h3-6,8,10,12,14-15,19H,7,9,11,13H2,1-2H3,(H,27,29). The summed E-state index contributed by atoms with van der Waals surface area (Å²) in [5.74, 6) is -0.109. The van der Waals surface area contributed by atoms with Crippen LogP contribution in [0.15, 0.2) is 53.5 Å². The van der Waals surface area contributed by atoms with E-state index < -0.39 is 0 Å². The summed E-state index contributed by atoms with van der Waals surface area (Å²) in [5, 5.41) is 5.22. The van der Waals surface area contributed by atoms with Crippen molar-refractivity contribution in [2.45, 2.75) is 44.8 Å². The summed E-state index contributed by atoms with van der Waals surface area (Å²) in [7, 11) is 0. The van der Waals surface area contributed by atoms with E-state index >= 15 is 0 Å². The van der Waals surface area contributed by atoms with Gasteiger partial charge in [0.1, 0.15) is 5.69 Å². The number of benzene rings is 1. The SMILES string of the molecule is CC1(C)CC(NC(=O)c2cc(Cc3ccc(-c4cncs4)cc3)c3sccc3n2)CCO1. The number of carbonyl (C=O) groups excluding carboxylic acids is 1. The Labute approximate surface area is 195 Å². The number of carbonyl (C=O) groups is 1. The van der Waals surface area contributed by atoms with Crippen LogP contribution in [0.5, 0.6) is 0 Å². The summed E-state index contributed by atoms with van der Waals surface area (Å²) in [4.78, 5) is 23.0. The highest BCUT2D eigenvalue weighted by atomic mass is 32.1. The van der Waals surface area contributed by atoms with Gasteiger partial charge >= 0.3 is 0 Å². The van der Waals surface area contributed by atoms with Crippen molar-refractivity contribution in [1.29, 1.82) is 0 Å². The second kappa shape index (κ2) is 8.73. The predicted molar refractivity (Wildman–Crippen MR) is 130 cm³/mol. The topological polar surface area (TPSA) is 64.1 Å². The average Bonchev–Trinajstić information content (AvgIpc) is 3.46. The van der Waals surface area contributed by atoms with Crippen LogP contribution < -0.4 is 5.32 Å². The van der Waals surface area contributed by atoms with E-state index in [1.54, 1.807) is 22.7 Å². The molecule has 1 aromatic carbocycles. The highest BCUT2D eigenvalue weighted by Crippen LogP contribution is 2.29. The number of hydrogen-bond donors (Lipinski definition) is 1. The lowest BCUT2D eigenvalue weighted by atomic mass is 9.94. The highest BCUT2D eigenvalue weighted by Gasteiger charge is 2.30. The first-order chi connectivity index (χ1) is 15.5. The molecule has 0 spiro atoms. The molecule has 1 fully saturated rings. The summed E-state index contributed by atoms with van der Waals surface area (Å²) in [6, 6.07) is 12.6. The van der Waals surface area contributed by atoms with E-state index in [1.807, 2.05) is 29.2 Å². The minimum atomic E-state index is -0.211. The number of ether oxygens (including phenoxy) is 1. The number of thiophene rings is 1. The molecule has 32 heavy (non-hydrogen) atoms. The molecule has 1 amide bonds. The normalized spacial score (nSPS) is 18.0. The Morgan fingerprint density at radius 1 is 1.22 bits per heavy atom. The molecule has 0 radical (unpaired) electrons. The molecule has 1 unspecified atom stereocenters. The molecule has 5 rings (SSSR count). The summed E-state index contributed by atoms with van der Waals surface area (Å²) in [6.07, 6.45) is 4.28. The van der Waals surface area contributed by atoms with E-state index in [4.69, 9.17) is 4.74 Å². The van der Waals surface area contributed by atoms with E-state index in [9.17, 15) is 4.79 Å². The average molecular weight is 464 g/mol. The van der Waals surface area contributed by atoms with Crippen molar-refractivity contribution >= 4 is 38.8 Å². The maximum absolute atomic E-state index is 13.1. The van der Waals surface area contributed by atoms with Crippen molar-refractivity contribution < 1.29 is 9.53 Å². The Bertz CT molecular complexity index is 1230. The first-order valence-corrected chi connectivity index (χ1v) is 12.5. The molecule has 1 aliphatic rings. The molecular formula is C25H25N3O2S2. The largest absolute Gasteiger partial charge is 0.375 e. The van der Waals surface area contributed by atoms with Gasteiger partial charge in [-0.05, 0) is 67.3 Å². The Kier molecular flexibility index (Phi) is 5.80. The number of thiazole rings is 1. The molecule has 1 aliphatic heterocycles. The van der Waals surface area contributed by atoms with Crippen molar-refractivity contribution in [3.8, 4) is 10.4 Å². The van der Waals surface area contributed by atoms with Gasteiger partial charge in [0.25, 0.3) is 5.91 Å². The Morgan fingerprint density at radius 3 is 2.81 bits per heavy atom. The van der Waals surface area contributed by atoms with Crippen LogP contribution in [0.4, 0.5) is 0 Å². The lowest BCUT2D eigenvalue weighted by Crippen LogP contribution is -2.46. The number of rotatable bonds is 5. The van der Waals surface area contributed by atoms with E-state index in [-0.39, 0.29) is 17.6 Å².